The lowest BCUT2D eigenvalue weighted by Crippen LogP contribution is -2.68. The van der Waals surface area contributed by atoms with Crippen LogP contribution in [0.3, 0.4) is 0 Å². The zero-order valence-electron chi connectivity index (χ0n) is 21.0. The zero-order valence-corrected chi connectivity index (χ0v) is 21.8. The summed E-state index contributed by atoms with van der Waals surface area (Å²) in [5.41, 5.74) is -0.101. The lowest BCUT2D eigenvalue weighted by molar-refractivity contribution is -0.144. The third kappa shape index (κ3) is 4.13. The van der Waals surface area contributed by atoms with Crippen molar-refractivity contribution in [2.75, 3.05) is 31.6 Å². The summed E-state index contributed by atoms with van der Waals surface area (Å²) in [5.74, 6) is -0.133. The van der Waals surface area contributed by atoms with Gasteiger partial charge >= 0.3 is 6.03 Å². The Balaban J connectivity index is 1.36. The second-order valence-electron chi connectivity index (χ2n) is 10.3. The van der Waals surface area contributed by atoms with Crippen LogP contribution in [0.15, 0.2) is 64.8 Å². The average Bonchev–Trinajstić information content (AvgIpc) is 3.41. The summed E-state index contributed by atoms with van der Waals surface area (Å²) in [5, 5.41) is 4.40. The van der Waals surface area contributed by atoms with Crippen LogP contribution in [0.2, 0.25) is 0 Å². The number of barbiturate groups is 1. The molecule has 3 aromatic rings. The molecule has 1 aromatic carbocycles. The molecule has 2 aromatic heterocycles. The fourth-order valence-corrected chi connectivity index (χ4v) is 7.03. The van der Waals surface area contributed by atoms with E-state index in [1.165, 1.54) is 11.3 Å². The predicted molar refractivity (Wildman–Crippen MR) is 142 cm³/mol. The Kier molecular flexibility index (Phi) is 6.16. The molecule has 10 heteroatoms. The minimum Gasteiger partial charge on any atom is -0.497 e. The quantitative estimate of drug-likeness (QED) is 0.490. The summed E-state index contributed by atoms with van der Waals surface area (Å²) in [6.45, 7) is 2.10. The second-order valence-corrected chi connectivity index (χ2v) is 11.4. The maximum Gasteiger partial charge on any atom is 0.335 e. The molecule has 0 aliphatic carbocycles. The minimum absolute atomic E-state index is 0.00953. The highest BCUT2D eigenvalue weighted by molar-refractivity contribution is 7.09. The second kappa shape index (κ2) is 9.52. The third-order valence-corrected chi connectivity index (χ3v) is 8.78. The van der Waals surface area contributed by atoms with Gasteiger partial charge in [0.05, 0.1) is 12.8 Å². The number of piperidine rings is 1. The fourth-order valence-electron chi connectivity index (χ4n) is 6.21. The van der Waals surface area contributed by atoms with Crippen LogP contribution in [0.25, 0.3) is 0 Å². The van der Waals surface area contributed by atoms with E-state index in [-0.39, 0.29) is 30.4 Å². The van der Waals surface area contributed by atoms with E-state index in [2.05, 4.69) is 10.2 Å². The number of likely N-dealkylation sites (tertiary alicyclic amines) is 1. The van der Waals surface area contributed by atoms with Crippen molar-refractivity contribution in [1.82, 2.24) is 14.8 Å². The highest BCUT2D eigenvalue weighted by Gasteiger charge is 2.56. The number of imide groups is 2. The van der Waals surface area contributed by atoms with E-state index in [1.807, 2.05) is 28.1 Å². The van der Waals surface area contributed by atoms with Crippen LogP contribution in [0.5, 0.6) is 5.75 Å². The Hall–Kier alpha value is -3.76. The molecule has 6 rings (SSSR count). The molecule has 196 valence electrons. The molecule has 9 nitrogen and oxygen atoms in total. The molecular formula is C28H28N4O5S. The van der Waals surface area contributed by atoms with Gasteiger partial charge in [-0.05, 0) is 54.1 Å². The van der Waals surface area contributed by atoms with Crippen LogP contribution in [0, 0.1) is 11.3 Å². The van der Waals surface area contributed by atoms with E-state index in [0.717, 1.165) is 21.9 Å². The third-order valence-electron chi connectivity index (χ3n) is 7.91. The molecule has 0 unspecified atom stereocenters. The molecule has 3 aliphatic rings. The van der Waals surface area contributed by atoms with Crippen LogP contribution in [-0.2, 0) is 22.6 Å². The van der Waals surface area contributed by atoms with E-state index in [9.17, 15) is 19.2 Å². The largest absolute Gasteiger partial charge is 0.497 e. The number of carbonyl (C=O) groups is 3. The van der Waals surface area contributed by atoms with Gasteiger partial charge < -0.3 is 14.2 Å². The average molecular weight is 533 g/mol. The summed E-state index contributed by atoms with van der Waals surface area (Å²) in [4.78, 5) is 57.5. The van der Waals surface area contributed by atoms with Crippen molar-refractivity contribution in [3.63, 3.8) is 0 Å². The summed E-state index contributed by atoms with van der Waals surface area (Å²) >= 11 is 1.48. The van der Waals surface area contributed by atoms with Crippen molar-refractivity contribution in [2.45, 2.75) is 25.3 Å². The lowest BCUT2D eigenvalue weighted by Gasteiger charge is -2.47. The molecule has 2 fully saturated rings. The minimum atomic E-state index is -1.49. The smallest absolute Gasteiger partial charge is 0.335 e. The molecule has 2 bridgehead atoms. The van der Waals surface area contributed by atoms with Crippen LogP contribution in [0.1, 0.15) is 22.9 Å². The van der Waals surface area contributed by atoms with Crippen molar-refractivity contribution in [3.05, 3.63) is 80.9 Å². The number of hydrogen-bond acceptors (Lipinski definition) is 7. The summed E-state index contributed by atoms with van der Waals surface area (Å²) in [6, 6.07) is 15.1. The number of hydrogen-bond donors (Lipinski definition) is 1. The molecule has 0 saturated carbocycles. The van der Waals surface area contributed by atoms with Crippen LogP contribution < -0.4 is 20.5 Å². The molecule has 2 saturated heterocycles. The first kappa shape index (κ1) is 24.6. The normalized spacial score (nSPS) is 25.2. The van der Waals surface area contributed by atoms with Gasteiger partial charge in [0.2, 0.25) is 5.91 Å². The number of ether oxygens (including phenoxy) is 1. The number of aromatic nitrogens is 1. The molecule has 5 heterocycles. The maximum absolute atomic E-state index is 14.3. The van der Waals surface area contributed by atoms with Crippen molar-refractivity contribution < 1.29 is 19.1 Å². The molecule has 3 aliphatic heterocycles. The first-order chi connectivity index (χ1) is 18.4. The first-order valence-electron chi connectivity index (χ1n) is 12.7. The van der Waals surface area contributed by atoms with Gasteiger partial charge in [0.15, 0.2) is 0 Å². The molecule has 1 N–H and O–H groups in total. The highest BCUT2D eigenvalue weighted by Crippen LogP contribution is 2.39. The number of methoxy groups -OCH3 is 1. The van der Waals surface area contributed by atoms with Crippen molar-refractivity contribution >= 4 is 34.9 Å². The molecule has 38 heavy (non-hydrogen) atoms. The highest BCUT2D eigenvalue weighted by atomic mass is 32.1. The van der Waals surface area contributed by atoms with E-state index in [4.69, 9.17) is 4.74 Å². The molecule has 4 amide bonds. The number of thiophene rings is 1. The monoisotopic (exact) mass is 532 g/mol. The summed E-state index contributed by atoms with van der Waals surface area (Å²) in [7, 11) is 1.54. The maximum atomic E-state index is 14.3. The molecule has 3 atom stereocenters. The van der Waals surface area contributed by atoms with Crippen molar-refractivity contribution in [3.8, 4) is 5.75 Å². The number of nitrogens with zero attached hydrogens (tertiary/aromatic N) is 3. The number of anilines is 1. The van der Waals surface area contributed by atoms with Gasteiger partial charge in [-0.3, -0.25) is 19.7 Å². The Labute approximate surface area is 223 Å². The number of nitrogens with one attached hydrogen (secondary N) is 1. The molecular weight excluding hydrogens is 504 g/mol. The fraction of sp³-hybridized carbons (Fsp3) is 0.357. The van der Waals surface area contributed by atoms with Gasteiger partial charge in [-0.25, -0.2) is 9.69 Å². The Morgan fingerprint density at radius 3 is 2.55 bits per heavy atom. The van der Waals surface area contributed by atoms with Crippen LogP contribution >= 0.6 is 11.3 Å². The van der Waals surface area contributed by atoms with Gasteiger partial charge in [0.25, 0.3) is 11.5 Å². The number of urea groups is 1. The van der Waals surface area contributed by atoms with Crippen molar-refractivity contribution in [1.29, 1.82) is 0 Å². The number of pyridine rings is 1. The van der Waals surface area contributed by atoms with Gasteiger partial charge in [-0.15, -0.1) is 11.3 Å². The first-order valence-corrected chi connectivity index (χ1v) is 13.5. The number of rotatable bonds is 6. The number of benzene rings is 1. The van der Waals surface area contributed by atoms with Gasteiger partial charge in [0.1, 0.15) is 11.2 Å². The van der Waals surface area contributed by atoms with Gasteiger partial charge in [-0.1, -0.05) is 12.1 Å². The lowest BCUT2D eigenvalue weighted by atomic mass is 9.77. The van der Waals surface area contributed by atoms with Gasteiger partial charge in [-0.2, -0.15) is 0 Å². The van der Waals surface area contributed by atoms with Crippen LogP contribution in [-0.4, -0.2) is 54.1 Å². The summed E-state index contributed by atoms with van der Waals surface area (Å²) < 4.78 is 7.08. The van der Waals surface area contributed by atoms with Gasteiger partial charge in [0, 0.05) is 55.2 Å². The Morgan fingerprint density at radius 1 is 1.00 bits per heavy atom. The predicted octanol–water partition coefficient (Wildman–Crippen LogP) is 2.85. The standard InChI is InChI=1S/C28H28N4O5S/c1-37-21-9-7-20(8-10-21)32-26(35)28(25(34)29-27(32)36,13-22-4-3-11-38-22)17-30-14-18-12-19(16-30)23-5-2-6-24(33)31(23)15-18/h2-11,18-19H,12-17H2,1H3,(H,29,34,36)/t18-,19-,28+/m0/s1. The Bertz CT molecular complexity index is 1450. The zero-order chi connectivity index (χ0) is 26.4. The number of carbonyl (C=O) groups excluding carboxylic acids is 3. The molecule has 0 spiro atoms. The summed E-state index contributed by atoms with van der Waals surface area (Å²) in [6.07, 6.45) is 1.16. The molecule has 0 radical (unpaired) electrons. The Morgan fingerprint density at radius 2 is 1.82 bits per heavy atom. The number of fused-ring (bicyclic) bond motifs is 4. The van der Waals surface area contributed by atoms with E-state index >= 15 is 0 Å². The SMILES string of the molecule is COc1ccc(N2C(=O)NC(=O)[C@@](Cc3cccs3)(CN3C[C@@H]4C[C@@H](C3)c3cccc(=O)n3C4)C2=O)cc1. The number of amides is 4. The van der Waals surface area contributed by atoms with E-state index in [0.29, 0.717) is 31.1 Å². The van der Waals surface area contributed by atoms with Crippen molar-refractivity contribution in [2.24, 2.45) is 11.3 Å². The van der Waals surface area contributed by atoms with Crippen LogP contribution in [0.4, 0.5) is 10.5 Å². The topological polar surface area (TPSA) is 101 Å². The van der Waals surface area contributed by atoms with E-state index < -0.39 is 23.3 Å². The van der Waals surface area contributed by atoms with E-state index in [1.54, 1.807) is 43.5 Å².